The van der Waals surface area contributed by atoms with Gasteiger partial charge >= 0.3 is 0 Å². The molecular formula is C14H16BrN3O2. The average molecular weight is 338 g/mol. The zero-order valence-electron chi connectivity index (χ0n) is 11.4. The fourth-order valence-electron chi connectivity index (χ4n) is 2.30. The molecule has 1 aliphatic rings. The zero-order chi connectivity index (χ0) is 14.3. The highest BCUT2D eigenvalue weighted by atomic mass is 79.9. The molecule has 2 aromatic heterocycles. The van der Waals surface area contributed by atoms with Gasteiger partial charge in [0.05, 0.1) is 5.69 Å². The van der Waals surface area contributed by atoms with Crippen LogP contribution in [0.15, 0.2) is 21.3 Å². The molecule has 106 valence electrons. The fourth-order valence-corrected chi connectivity index (χ4v) is 2.73. The van der Waals surface area contributed by atoms with Crippen LogP contribution in [0.1, 0.15) is 46.4 Å². The monoisotopic (exact) mass is 337 g/mol. The van der Waals surface area contributed by atoms with E-state index in [0.717, 1.165) is 34.3 Å². The van der Waals surface area contributed by atoms with Gasteiger partial charge in [-0.25, -0.2) is 0 Å². The molecule has 2 heterocycles. The molecular weight excluding hydrogens is 322 g/mol. The van der Waals surface area contributed by atoms with Crippen molar-refractivity contribution in [3.05, 3.63) is 39.4 Å². The number of carbonyl (C=O) groups is 1. The number of hydrogen-bond acceptors (Lipinski definition) is 3. The molecule has 1 fully saturated rings. The van der Waals surface area contributed by atoms with Crippen LogP contribution < -0.4 is 5.32 Å². The molecule has 0 atom stereocenters. The maximum Gasteiger partial charge on any atom is 0.268 e. The molecule has 0 saturated heterocycles. The number of hydrogen-bond donors (Lipinski definition) is 1. The Kier molecular flexibility index (Phi) is 3.41. The lowest BCUT2D eigenvalue weighted by atomic mass is 10.2. The molecule has 6 heteroatoms. The highest BCUT2D eigenvalue weighted by Gasteiger charge is 2.27. The van der Waals surface area contributed by atoms with Crippen LogP contribution in [0.5, 0.6) is 0 Å². The predicted octanol–water partition coefficient (Wildman–Crippen LogP) is 3.12. The molecule has 5 nitrogen and oxygen atoms in total. The maximum absolute atomic E-state index is 12.3. The summed E-state index contributed by atoms with van der Waals surface area (Å²) >= 11 is 3.43. The predicted molar refractivity (Wildman–Crippen MR) is 77.6 cm³/mol. The van der Waals surface area contributed by atoms with E-state index in [0.29, 0.717) is 18.3 Å². The highest BCUT2D eigenvalue weighted by molar-refractivity contribution is 9.10. The molecule has 0 aromatic carbocycles. The van der Waals surface area contributed by atoms with Crippen LogP contribution in [0.25, 0.3) is 0 Å². The van der Waals surface area contributed by atoms with Crippen molar-refractivity contribution >= 4 is 21.8 Å². The second kappa shape index (κ2) is 5.09. The first-order valence-electron chi connectivity index (χ1n) is 6.63. The highest BCUT2D eigenvalue weighted by Crippen LogP contribution is 2.37. The molecule has 1 saturated carbocycles. The van der Waals surface area contributed by atoms with Crippen LogP contribution in [0.4, 0.5) is 0 Å². The summed E-state index contributed by atoms with van der Waals surface area (Å²) in [5.41, 5.74) is 2.47. The smallest absolute Gasteiger partial charge is 0.268 e. The average Bonchev–Trinajstić information content (AvgIpc) is 3.11. The van der Waals surface area contributed by atoms with Gasteiger partial charge in [0.25, 0.3) is 5.91 Å². The van der Waals surface area contributed by atoms with Gasteiger partial charge in [-0.2, -0.15) is 0 Å². The van der Waals surface area contributed by atoms with Gasteiger partial charge in [-0.1, -0.05) is 5.16 Å². The van der Waals surface area contributed by atoms with Crippen LogP contribution in [0.2, 0.25) is 0 Å². The normalized spacial score (nSPS) is 14.6. The van der Waals surface area contributed by atoms with E-state index >= 15 is 0 Å². The largest absolute Gasteiger partial charge is 0.361 e. The first-order chi connectivity index (χ1) is 9.56. The lowest BCUT2D eigenvalue weighted by Crippen LogP contribution is -2.25. The second-order valence-corrected chi connectivity index (χ2v) is 6.08. The first kappa shape index (κ1) is 13.4. The summed E-state index contributed by atoms with van der Waals surface area (Å²) in [5.74, 6) is 0.684. The van der Waals surface area contributed by atoms with Crippen LogP contribution >= 0.6 is 15.9 Å². The van der Waals surface area contributed by atoms with E-state index in [9.17, 15) is 4.79 Å². The zero-order valence-corrected chi connectivity index (χ0v) is 13.0. The number of rotatable bonds is 4. The number of halogens is 1. The van der Waals surface area contributed by atoms with Gasteiger partial charge in [0.1, 0.15) is 11.5 Å². The van der Waals surface area contributed by atoms with E-state index in [1.54, 1.807) is 0 Å². The Hall–Kier alpha value is -1.56. The van der Waals surface area contributed by atoms with E-state index in [1.807, 2.05) is 30.7 Å². The molecule has 2 aromatic rings. The van der Waals surface area contributed by atoms with Gasteiger partial charge in [0.2, 0.25) is 0 Å². The number of aromatic nitrogens is 2. The fraction of sp³-hybridized carbons (Fsp3) is 0.429. The third kappa shape index (κ3) is 2.52. The summed E-state index contributed by atoms with van der Waals surface area (Å²) in [4.78, 5) is 12.3. The van der Waals surface area contributed by atoms with E-state index < -0.39 is 0 Å². The van der Waals surface area contributed by atoms with Crippen molar-refractivity contribution in [2.75, 3.05) is 0 Å². The number of amides is 1. The van der Waals surface area contributed by atoms with Gasteiger partial charge in [-0.05, 0) is 48.7 Å². The van der Waals surface area contributed by atoms with Gasteiger partial charge in [0, 0.05) is 28.8 Å². The maximum atomic E-state index is 12.3. The summed E-state index contributed by atoms with van der Waals surface area (Å²) in [6, 6.07) is 2.34. The van der Waals surface area contributed by atoms with Crippen LogP contribution in [-0.4, -0.2) is 15.6 Å². The lowest BCUT2D eigenvalue weighted by molar-refractivity contribution is 0.0941. The van der Waals surface area contributed by atoms with Gasteiger partial charge in [-0.3, -0.25) is 4.79 Å². The Labute approximate surface area is 125 Å². The van der Waals surface area contributed by atoms with Gasteiger partial charge < -0.3 is 14.4 Å². The molecule has 20 heavy (non-hydrogen) atoms. The first-order valence-corrected chi connectivity index (χ1v) is 7.43. The van der Waals surface area contributed by atoms with E-state index in [-0.39, 0.29) is 5.91 Å². The van der Waals surface area contributed by atoms with Crippen molar-refractivity contribution in [3.8, 4) is 0 Å². The van der Waals surface area contributed by atoms with Crippen molar-refractivity contribution in [3.63, 3.8) is 0 Å². The minimum atomic E-state index is -0.0670. The Morgan fingerprint density at radius 1 is 1.55 bits per heavy atom. The van der Waals surface area contributed by atoms with Crippen molar-refractivity contribution < 1.29 is 9.32 Å². The standard InChI is InChI=1S/C14H16BrN3O2/c1-8-12(9(2)20-17-8)6-16-14(19)13-5-10(15)7-18(13)11-3-4-11/h5,7,11H,3-4,6H2,1-2H3,(H,16,19). The molecule has 0 unspecified atom stereocenters. The number of carbonyl (C=O) groups excluding carboxylic acids is 1. The van der Waals surface area contributed by atoms with Crippen LogP contribution in [0, 0.1) is 13.8 Å². The van der Waals surface area contributed by atoms with Crippen molar-refractivity contribution in [1.29, 1.82) is 0 Å². The van der Waals surface area contributed by atoms with Crippen molar-refractivity contribution in [2.45, 2.75) is 39.3 Å². The van der Waals surface area contributed by atoms with Gasteiger partial charge in [0.15, 0.2) is 0 Å². The van der Waals surface area contributed by atoms with E-state index in [4.69, 9.17) is 4.52 Å². The van der Waals surface area contributed by atoms with Crippen molar-refractivity contribution in [2.24, 2.45) is 0 Å². The summed E-state index contributed by atoms with van der Waals surface area (Å²) in [6.07, 6.45) is 4.26. The van der Waals surface area contributed by atoms with Crippen LogP contribution in [0.3, 0.4) is 0 Å². The number of aryl methyl sites for hydroxylation is 2. The summed E-state index contributed by atoms with van der Waals surface area (Å²) in [5, 5.41) is 6.83. The molecule has 0 bridgehead atoms. The number of nitrogens with one attached hydrogen (secondary N) is 1. The topological polar surface area (TPSA) is 60.1 Å². The molecule has 1 N–H and O–H groups in total. The second-order valence-electron chi connectivity index (χ2n) is 5.17. The van der Waals surface area contributed by atoms with E-state index in [1.165, 1.54) is 0 Å². The third-order valence-electron chi connectivity index (χ3n) is 3.60. The van der Waals surface area contributed by atoms with Gasteiger partial charge in [-0.15, -0.1) is 0 Å². The quantitative estimate of drug-likeness (QED) is 0.932. The molecule has 0 aliphatic heterocycles. The number of nitrogens with zero attached hydrogens (tertiary/aromatic N) is 2. The minimum absolute atomic E-state index is 0.0670. The molecule has 3 rings (SSSR count). The summed E-state index contributed by atoms with van der Waals surface area (Å²) < 4.78 is 8.08. The lowest BCUT2D eigenvalue weighted by Gasteiger charge is -2.08. The Bertz CT molecular complexity index is 636. The van der Waals surface area contributed by atoms with Crippen LogP contribution in [-0.2, 0) is 6.54 Å². The summed E-state index contributed by atoms with van der Waals surface area (Å²) in [6.45, 7) is 4.17. The SMILES string of the molecule is Cc1noc(C)c1CNC(=O)c1cc(Br)cn1C1CC1. The molecule has 0 radical (unpaired) electrons. The molecule has 1 amide bonds. The Balaban J connectivity index is 1.73. The Morgan fingerprint density at radius 3 is 2.90 bits per heavy atom. The van der Waals surface area contributed by atoms with Crippen molar-refractivity contribution in [1.82, 2.24) is 15.0 Å². The third-order valence-corrected chi connectivity index (χ3v) is 4.03. The molecule has 0 spiro atoms. The summed E-state index contributed by atoms with van der Waals surface area (Å²) in [7, 11) is 0. The Morgan fingerprint density at radius 2 is 2.30 bits per heavy atom. The minimum Gasteiger partial charge on any atom is -0.361 e. The van der Waals surface area contributed by atoms with E-state index in [2.05, 4.69) is 26.4 Å². The molecule has 1 aliphatic carbocycles.